The number of rotatable bonds is 3. The maximum absolute atomic E-state index is 11.4. The fraction of sp³-hybridized carbons (Fsp3) is 0.455. The Bertz CT molecular complexity index is 391. The Morgan fingerprint density at radius 1 is 1.62 bits per heavy atom. The molecule has 16 heavy (non-hydrogen) atoms. The van der Waals surface area contributed by atoms with Gasteiger partial charge in [0, 0.05) is 26.3 Å². The molecule has 0 atom stereocenters. The fourth-order valence-corrected chi connectivity index (χ4v) is 1.59. The van der Waals surface area contributed by atoms with Crippen molar-refractivity contribution in [2.75, 3.05) is 32.1 Å². The summed E-state index contributed by atoms with van der Waals surface area (Å²) in [4.78, 5) is 17.7. The SMILES string of the molecule is COC(=O)c1ccnc(N(C)C2CNC2)c1. The van der Waals surface area contributed by atoms with Gasteiger partial charge in [0.15, 0.2) is 0 Å². The third kappa shape index (κ3) is 1.99. The van der Waals surface area contributed by atoms with Gasteiger partial charge in [-0.2, -0.15) is 0 Å². The summed E-state index contributed by atoms with van der Waals surface area (Å²) >= 11 is 0. The Balaban J connectivity index is 2.17. The first kappa shape index (κ1) is 10.9. The van der Waals surface area contributed by atoms with Crippen molar-refractivity contribution in [3.05, 3.63) is 23.9 Å². The third-order valence-corrected chi connectivity index (χ3v) is 2.84. The number of hydrogen-bond acceptors (Lipinski definition) is 5. The Morgan fingerprint density at radius 3 is 2.94 bits per heavy atom. The van der Waals surface area contributed by atoms with E-state index in [4.69, 9.17) is 0 Å². The van der Waals surface area contributed by atoms with Crippen LogP contribution in [0, 0.1) is 0 Å². The second-order valence-corrected chi connectivity index (χ2v) is 3.82. The normalized spacial score (nSPS) is 15.4. The molecule has 0 unspecified atom stereocenters. The molecule has 1 aromatic rings. The highest BCUT2D eigenvalue weighted by atomic mass is 16.5. The molecule has 0 radical (unpaired) electrons. The van der Waals surface area contributed by atoms with E-state index < -0.39 is 0 Å². The van der Waals surface area contributed by atoms with Crippen LogP contribution in [0.4, 0.5) is 5.82 Å². The molecular weight excluding hydrogens is 206 g/mol. The molecule has 0 bridgehead atoms. The van der Waals surface area contributed by atoms with E-state index in [-0.39, 0.29) is 5.97 Å². The van der Waals surface area contributed by atoms with Crippen LogP contribution in [0.25, 0.3) is 0 Å². The van der Waals surface area contributed by atoms with Crippen LogP contribution in [0.3, 0.4) is 0 Å². The summed E-state index contributed by atoms with van der Waals surface area (Å²) < 4.78 is 4.67. The van der Waals surface area contributed by atoms with Crippen LogP contribution in [-0.4, -0.2) is 44.2 Å². The van der Waals surface area contributed by atoms with Crippen molar-refractivity contribution < 1.29 is 9.53 Å². The van der Waals surface area contributed by atoms with Gasteiger partial charge in [0.05, 0.1) is 18.7 Å². The molecule has 2 rings (SSSR count). The molecule has 1 saturated heterocycles. The number of carbonyl (C=O) groups is 1. The summed E-state index contributed by atoms with van der Waals surface area (Å²) in [7, 11) is 3.36. The van der Waals surface area contributed by atoms with Gasteiger partial charge in [-0.05, 0) is 12.1 Å². The first-order valence-corrected chi connectivity index (χ1v) is 5.20. The maximum Gasteiger partial charge on any atom is 0.338 e. The van der Waals surface area contributed by atoms with E-state index >= 15 is 0 Å². The third-order valence-electron chi connectivity index (χ3n) is 2.84. The van der Waals surface area contributed by atoms with Gasteiger partial charge in [-0.3, -0.25) is 0 Å². The summed E-state index contributed by atoms with van der Waals surface area (Å²) in [6.07, 6.45) is 1.63. The van der Waals surface area contributed by atoms with E-state index in [1.165, 1.54) is 7.11 Å². The Hall–Kier alpha value is -1.62. The van der Waals surface area contributed by atoms with Gasteiger partial charge in [0.25, 0.3) is 0 Å². The Morgan fingerprint density at radius 2 is 2.38 bits per heavy atom. The zero-order chi connectivity index (χ0) is 11.5. The molecule has 86 valence electrons. The van der Waals surface area contributed by atoms with Gasteiger partial charge >= 0.3 is 5.97 Å². The van der Waals surface area contributed by atoms with Crippen LogP contribution in [0.15, 0.2) is 18.3 Å². The lowest BCUT2D eigenvalue weighted by Gasteiger charge is -2.36. The van der Waals surface area contributed by atoms with Crippen molar-refractivity contribution in [2.45, 2.75) is 6.04 Å². The molecule has 0 spiro atoms. The van der Waals surface area contributed by atoms with Crippen molar-refractivity contribution in [2.24, 2.45) is 0 Å². The number of nitrogens with one attached hydrogen (secondary N) is 1. The summed E-state index contributed by atoms with van der Waals surface area (Å²) in [5.74, 6) is 0.471. The summed E-state index contributed by atoms with van der Waals surface area (Å²) in [5.41, 5.74) is 0.534. The quantitative estimate of drug-likeness (QED) is 0.743. The van der Waals surface area contributed by atoms with Gasteiger partial charge in [0.2, 0.25) is 0 Å². The average Bonchev–Trinajstić information content (AvgIpc) is 2.26. The molecule has 0 aromatic carbocycles. The monoisotopic (exact) mass is 221 g/mol. The molecule has 1 aliphatic rings. The minimum absolute atomic E-state index is 0.330. The highest BCUT2D eigenvalue weighted by Gasteiger charge is 2.22. The molecule has 1 N–H and O–H groups in total. The van der Waals surface area contributed by atoms with Crippen molar-refractivity contribution in [1.82, 2.24) is 10.3 Å². The van der Waals surface area contributed by atoms with Crippen LogP contribution in [0.1, 0.15) is 10.4 Å². The number of esters is 1. The fourth-order valence-electron chi connectivity index (χ4n) is 1.59. The van der Waals surface area contributed by atoms with E-state index in [0.717, 1.165) is 18.9 Å². The van der Waals surface area contributed by atoms with Gasteiger partial charge in [-0.1, -0.05) is 0 Å². The lowest BCUT2D eigenvalue weighted by atomic mass is 10.1. The second-order valence-electron chi connectivity index (χ2n) is 3.82. The average molecular weight is 221 g/mol. The first-order valence-electron chi connectivity index (χ1n) is 5.20. The van der Waals surface area contributed by atoms with Gasteiger partial charge in [-0.25, -0.2) is 9.78 Å². The molecular formula is C11H15N3O2. The van der Waals surface area contributed by atoms with Crippen molar-refractivity contribution in [3.8, 4) is 0 Å². The minimum atomic E-state index is -0.330. The number of pyridine rings is 1. The zero-order valence-electron chi connectivity index (χ0n) is 9.43. The van der Waals surface area contributed by atoms with Crippen molar-refractivity contribution >= 4 is 11.8 Å². The molecule has 1 aromatic heterocycles. The van der Waals surface area contributed by atoms with E-state index in [1.54, 1.807) is 18.3 Å². The van der Waals surface area contributed by atoms with Crippen LogP contribution in [0.5, 0.6) is 0 Å². The van der Waals surface area contributed by atoms with E-state index in [9.17, 15) is 4.79 Å². The van der Waals surface area contributed by atoms with Gasteiger partial charge in [0.1, 0.15) is 5.82 Å². The highest BCUT2D eigenvalue weighted by Crippen LogP contribution is 2.16. The molecule has 0 saturated carbocycles. The van der Waals surface area contributed by atoms with E-state index in [0.29, 0.717) is 11.6 Å². The highest BCUT2D eigenvalue weighted by molar-refractivity contribution is 5.90. The number of carbonyl (C=O) groups excluding carboxylic acids is 1. The molecule has 0 amide bonds. The molecule has 5 nitrogen and oxygen atoms in total. The number of nitrogens with zero attached hydrogens (tertiary/aromatic N) is 2. The number of aromatic nitrogens is 1. The predicted molar refractivity (Wildman–Crippen MR) is 60.6 cm³/mol. The smallest absolute Gasteiger partial charge is 0.338 e. The number of anilines is 1. The predicted octanol–water partition coefficient (Wildman–Crippen LogP) is 0.276. The Kier molecular flexibility index (Phi) is 3.05. The minimum Gasteiger partial charge on any atom is -0.465 e. The molecule has 2 heterocycles. The van der Waals surface area contributed by atoms with E-state index in [2.05, 4.69) is 19.9 Å². The van der Waals surface area contributed by atoms with E-state index in [1.807, 2.05) is 7.05 Å². The maximum atomic E-state index is 11.4. The van der Waals surface area contributed by atoms with Crippen molar-refractivity contribution in [3.63, 3.8) is 0 Å². The van der Waals surface area contributed by atoms with Crippen LogP contribution < -0.4 is 10.2 Å². The van der Waals surface area contributed by atoms with Crippen molar-refractivity contribution in [1.29, 1.82) is 0 Å². The van der Waals surface area contributed by atoms with Crippen LogP contribution in [-0.2, 0) is 4.74 Å². The summed E-state index contributed by atoms with van der Waals surface area (Å²) in [5, 5.41) is 3.20. The van der Waals surface area contributed by atoms with Crippen LogP contribution >= 0.6 is 0 Å². The molecule has 1 fully saturated rings. The largest absolute Gasteiger partial charge is 0.465 e. The summed E-state index contributed by atoms with van der Waals surface area (Å²) in [6.45, 7) is 1.92. The van der Waals surface area contributed by atoms with Gasteiger partial charge < -0.3 is 15.0 Å². The lowest BCUT2D eigenvalue weighted by Crippen LogP contribution is -2.56. The lowest BCUT2D eigenvalue weighted by molar-refractivity contribution is 0.0600. The zero-order valence-corrected chi connectivity index (χ0v) is 9.43. The number of methoxy groups -OCH3 is 1. The number of hydrogen-bond donors (Lipinski definition) is 1. The van der Waals surface area contributed by atoms with Crippen LogP contribution in [0.2, 0.25) is 0 Å². The standard InChI is InChI=1S/C11H15N3O2/c1-14(9-6-12-7-9)10-5-8(3-4-13-10)11(15)16-2/h3-5,9,12H,6-7H2,1-2H3. The molecule has 0 aliphatic carbocycles. The number of ether oxygens (including phenoxy) is 1. The van der Waals surface area contributed by atoms with Gasteiger partial charge in [-0.15, -0.1) is 0 Å². The first-order chi connectivity index (χ1) is 7.72. The topological polar surface area (TPSA) is 54.5 Å². The molecule has 5 heteroatoms. The molecule has 1 aliphatic heterocycles. The second kappa shape index (κ2) is 4.49. The summed E-state index contributed by atoms with van der Waals surface area (Å²) in [6, 6.07) is 3.87. The number of likely N-dealkylation sites (N-methyl/N-ethyl adjacent to an activating group) is 1. The Labute approximate surface area is 94.4 Å².